The molecule has 1 aromatic carbocycles. The quantitative estimate of drug-likeness (QED) is 0.885. The van der Waals surface area contributed by atoms with Gasteiger partial charge in [-0.3, -0.25) is 4.79 Å². The third-order valence-corrected chi connectivity index (χ3v) is 5.56. The van der Waals surface area contributed by atoms with Crippen LogP contribution in [0, 0.1) is 5.92 Å². The molecule has 5 nitrogen and oxygen atoms in total. The normalized spacial score (nSPS) is 21.6. The van der Waals surface area contributed by atoms with Crippen LogP contribution in [0.1, 0.15) is 38.5 Å². The first-order valence-electron chi connectivity index (χ1n) is 9.34. The fourth-order valence-electron chi connectivity index (χ4n) is 4.23. The maximum Gasteiger partial charge on any atom is 0.308 e. The van der Waals surface area contributed by atoms with Crippen LogP contribution in [0.15, 0.2) is 30.5 Å². The third-order valence-electron chi connectivity index (χ3n) is 5.56. The highest BCUT2D eigenvalue weighted by atomic mass is 16.4. The van der Waals surface area contributed by atoms with Gasteiger partial charge < -0.3 is 15.3 Å². The SMILES string of the molecule is O=C(O)C1CCCN(c2nccc3cccc(NC4CCCC4)c23)C1. The Balaban J connectivity index is 1.71. The summed E-state index contributed by atoms with van der Waals surface area (Å²) < 4.78 is 0. The molecule has 0 radical (unpaired) electrons. The first-order valence-corrected chi connectivity index (χ1v) is 9.34. The number of hydrogen-bond donors (Lipinski definition) is 2. The van der Waals surface area contributed by atoms with Crippen LogP contribution >= 0.6 is 0 Å². The van der Waals surface area contributed by atoms with E-state index in [1.165, 1.54) is 25.7 Å². The lowest BCUT2D eigenvalue weighted by atomic mass is 9.97. The standard InChI is InChI=1S/C20H25N3O2/c24-20(25)15-6-4-12-23(13-15)19-18-14(10-11-21-19)5-3-9-17(18)22-16-7-1-2-8-16/h3,5,9-11,15-16,22H,1-2,4,6-8,12-13H2,(H,24,25). The van der Waals surface area contributed by atoms with Gasteiger partial charge in [-0.15, -0.1) is 0 Å². The number of carboxylic acid groups (broad SMARTS) is 1. The molecule has 5 heteroatoms. The van der Waals surface area contributed by atoms with Gasteiger partial charge in [0.05, 0.1) is 5.92 Å². The summed E-state index contributed by atoms with van der Waals surface area (Å²) in [6, 6.07) is 8.90. The van der Waals surface area contributed by atoms with E-state index in [1.54, 1.807) is 0 Å². The van der Waals surface area contributed by atoms with Crippen molar-refractivity contribution >= 4 is 28.2 Å². The van der Waals surface area contributed by atoms with Gasteiger partial charge in [-0.25, -0.2) is 4.98 Å². The van der Waals surface area contributed by atoms with Gasteiger partial charge >= 0.3 is 5.97 Å². The fraction of sp³-hybridized carbons (Fsp3) is 0.500. The van der Waals surface area contributed by atoms with Crippen LogP contribution in [0.3, 0.4) is 0 Å². The Morgan fingerprint density at radius 3 is 2.80 bits per heavy atom. The van der Waals surface area contributed by atoms with Crippen LogP contribution < -0.4 is 10.2 Å². The zero-order chi connectivity index (χ0) is 17.2. The Bertz CT molecular complexity index is 765. The Hall–Kier alpha value is -2.30. The molecule has 2 N–H and O–H groups in total. The van der Waals surface area contributed by atoms with Gasteiger partial charge in [0.2, 0.25) is 0 Å². The molecule has 1 saturated heterocycles. The average molecular weight is 339 g/mol. The molecular weight excluding hydrogens is 314 g/mol. The molecule has 2 fully saturated rings. The van der Waals surface area contributed by atoms with Crippen molar-refractivity contribution in [1.82, 2.24) is 4.98 Å². The lowest BCUT2D eigenvalue weighted by molar-refractivity contribution is -0.141. The van der Waals surface area contributed by atoms with Crippen molar-refractivity contribution in [3.8, 4) is 0 Å². The summed E-state index contributed by atoms with van der Waals surface area (Å²) in [7, 11) is 0. The van der Waals surface area contributed by atoms with E-state index in [1.807, 2.05) is 12.3 Å². The molecular formula is C20H25N3O2. The number of aliphatic carboxylic acids is 1. The topological polar surface area (TPSA) is 65.5 Å². The summed E-state index contributed by atoms with van der Waals surface area (Å²) >= 11 is 0. The molecule has 0 bridgehead atoms. The van der Waals surface area contributed by atoms with Crippen LogP contribution in [0.25, 0.3) is 10.8 Å². The zero-order valence-electron chi connectivity index (χ0n) is 14.4. The molecule has 1 saturated carbocycles. The maximum atomic E-state index is 11.4. The van der Waals surface area contributed by atoms with Crippen LogP contribution in [0.4, 0.5) is 11.5 Å². The van der Waals surface area contributed by atoms with Crippen LogP contribution in [-0.4, -0.2) is 35.2 Å². The van der Waals surface area contributed by atoms with Crippen molar-refractivity contribution in [1.29, 1.82) is 0 Å². The van der Waals surface area contributed by atoms with E-state index in [0.29, 0.717) is 12.6 Å². The second-order valence-corrected chi connectivity index (χ2v) is 7.29. The first-order chi connectivity index (χ1) is 12.2. The number of pyridine rings is 1. The van der Waals surface area contributed by atoms with Gasteiger partial charge in [0.25, 0.3) is 0 Å². The molecule has 1 aliphatic carbocycles. The minimum Gasteiger partial charge on any atom is -0.481 e. The van der Waals surface area contributed by atoms with E-state index in [-0.39, 0.29) is 5.92 Å². The Morgan fingerprint density at radius 1 is 1.16 bits per heavy atom. The van der Waals surface area contributed by atoms with Crippen LogP contribution in [0.5, 0.6) is 0 Å². The van der Waals surface area contributed by atoms with E-state index >= 15 is 0 Å². The Kier molecular flexibility index (Phi) is 4.47. The summed E-state index contributed by atoms with van der Waals surface area (Å²) in [6.07, 6.45) is 8.51. The molecule has 1 atom stereocenters. The van der Waals surface area contributed by atoms with E-state index in [2.05, 4.69) is 33.4 Å². The van der Waals surface area contributed by atoms with E-state index in [0.717, 1.165) is 41.7 Å². The molecule has 25 heavy (non-hydrogen) atoms. The van der Waals surface area contributed by atoms with Crippen molar-refractivity contribution in [3.63, 3.8) is 0 Å². The number of fused-ring (bicyclic) bond motifs is 1. The number of piperidine rings is 1. The summed E-state index contributed by atoms with van der Waals surface area (Å²) in [6.45, 7) is 1.41. The van der Waals surface area contributed by atoms with E-state index < -0.39 is 5.97 Å². The number of nitrogens with zero attached hydrogens (tertiary/aromatic N) is 2. The summed E-state index contributed by atoms with van der Waals surface area (Å²) in [4.78, 5) is 18.2. The first kappa shape index (κ1) is 16.2. The van der Waals surface area contributed by atoms with Crippen molar-refractivity contribution in [2.45, 2.75) is 44.6 Å². The molecule has 2 heterocycles. The lowest BCUT2D eigenvalue weighted by Gasteiger charge is -2.32. The maximum absolute atomic E-state index is 11.4. The van der Waals surface area contributed by atoms with Gasteiger partial charge in [0.15, 0.2) is 0 Å². The smallest absolute Gasteiger partial charge is 0.308 e. The van der Waals surface area contributed by atoms with Crippen molar-refractivity contribution in [3.05, 3.63) is 30.5 Å². The summed E-state index contributed by atoms with van der Waals surface area (Å²) in [5, 5.41) is 15.4. The number of carboxylic acids is 1. The highest BCUT2D eigenvalue weighted by Crippen LogP contribution is 2.35. The number of carbonyl (C=O) groups is 1. The largest absolute Gasteiger partial charge is 0.481 e. The average Bonchev–Trinajstić information content (AvgIpc) is 3.14. The molecule has 1 unspecified atom stereocenters. The van der Waals surface area contributed by atoms with Gasteiger partial charge in [0, 0.05) is 36.4 Å². The highest BCUT2D eigenvalue weighted by molar-refractivity contribution is 6.02. The summed E-state index contributed by atoms with van der Waals surface area (Å²) in [5.41, 5.74) is 1.13. The van der Waals surface area contributed by atoms with E-state index in [4.69, 9.17) is 0 Å². The molecule has 1 aliphatic heterocycles. The van der Waals surface area contributed by atoms with Crippen LogP contribution in [0.2, 0.25) is 0 Å². The van der Waals surface area contributed by atoms with E-state index in [9.17, 15) is 9.90 Å². The second-order valence-electron chi connectivity index (χ2n) is 7.29. The third kappa shape index (κ3) is 3.28. The number of hydrogen-bond acceptors (Lipinski definition) is 4. The molecule has 2 aliphatic rings. The van der Waals surface area contributed by atoms with Gasteiger partial charge in [-0.05, 0) is 43.2 Å². The van der Waals surface area contributed by atoms with Gasteiger partial charge in [-0.2, -0.15) is 0 Å². The molecule has 0 amide bonds. The number of benzene rings is 1. The minimum absolute atomic E-state index is 0.305. The number of aromatic nitrogens is 1. The fourth-order valence-corrected chi connectivity index (χ4v) is 4.23. The van der Waals surface area contributed by atoms with Crippen molar-refractivity contribution in [2.24, 2.45) is 5.92 Å². The molecule has 132 valence electrons. The number of nitrogens with one attached hydrogen (secondary N) is 1. The second kappa shape index (κ2) is 6.90. The monoisotopic (exact) mass is 339 g/mol. The highest BCUT2D eigenvalue weighted by Gasteiger charge is 2.27. The Morgan fingerprint density at radius 2 is 2.00 bits per heavy atom. The van der Waals surface area contributed by atoms with Gasteiger partial charge in [0.1, 0.15) is 5.82 Å². The molecule has 1 aromatic heterocycles. The predicted molar refractivity (Wildman–Crippen MR) is 100 cm³/mol. The number of anilines is 2. The zero-order valence-corrected chi connectivity index (χ0v) is 14.4. The van der Waals surface area contributed by atoms with Crippen LogP contribution in [-0.2, 0) is 4.79 Å². The molecule has 4 rings (SSSR count). The number of rotatable bonds is 4. The Labute approximate surface area is 148 Å². The van der Waals surface area contributed by atoms with Crippen molar-refractivity contribution in [2.75, 3.05) is 23.3 Å². The molecule has 2 aromatic rings. The molecule has 0 spiro atoms. The van der Waals surface area contributed by atoms with Gasteiger partial charge in [-0.1, -0.05) is 25.0 Å². The predicted octanol–water partition coefficient (Wildman–Crippen LogP) is 3.89. The summed E-state index contributed by atoms with van der Waals surface area (Å²) in [5.74, 6) is -0.0838. The van der Waals surface area contributed by atoms with Crippen molar-refractivity contribution < 1.29 is 9.90 Å². The minimum atomic E-state index is -0.700. The lowest BCUT2D eigenvalue weighted by Crippen LogP contribution is -2.39.